The molecule has 1 saturated heterocycles. The van der Waals surface area contributed by atoms with Crippen LogP contribution in [-0.2, 0) is 47.7 Å². The number of aliphatic hydroxyl groups is 2. The van der Waals surface area contributed by atoms with Gasteiger partial charge in [0.1, 0.15) is 0 Å². The Bertz CT molecular complexity index is 809. The molecule has 2 aliphatic rings. The van der Waals surface area contributed by atoms with Crippen molar-refractivity contribution in [1.29, 1.82) is 0 Å². The van der Waals surface area contributed by atoms with Gasteiger partial charge in [-0.05, 0) is 0 Å². The molecule has 21 heteroatoms. The number of rotatable bonds is 9. The fourth-order valence-corrected chi connectivity index (χ4v) is 9.85. The summed E-state index contributed by atoms with van der Waals surface area (Å²) in [7, 11) is -9.80. The molecule has 7 unspecified atom stereocenters. The van der Waals surface area contributed by atoms with Gasteiger partial charge in [0.2, 0.25) is 0 Å². The van der Waals surface area contributed by atoms with Crippen molar-refractivity contribution in [2.45, 2.75) is 23.7 Å². The maximum atomic E-state index is 12.1. The van der Waals surface area contributed by atoms with Gasteiger partial charge < -0.3 is 4.89 Å². The molecule has 0 aromatic carbocycles. The summed E-state index contributed by atoms with van der Waals surface area (Å²) >= 11 is 7.71. The predicted octanol–water partition coefficient (Wildman–Crippen LogP) is -0.666. The van der Waals surface area contributed by atoms with E-state index in [4.69, 9.17) is 14.2 Å². The van der Waals surface area contributed by atoms with Gasteiger partial charge in [0.15, 0.2) is 0 Å². The normalized spacial score (nSPS) is 34.6. The molecule has 0 aromatic rings. The second kappa shape index (κ2) is 8.16. The Morgan fingerprint density at radius 2 is 1.70 bits per heavy atom. The molecule has 2 rings (SSSR count). The zero-order valence-corrected chi connectivity index (χ0v) is 18.5. The molecule has 7 atom stereocenters. The minimum atomic E-state index is -5.42. The molecular weight excluding hydrogens is 490 g/mol. The first-order chi connectivity index (χ1) is 12.0. The van der Waals surface area contributed by atoms with E-state index < -0.39 is 59.3 Å². The predicted molar refractivity (Wildman–Crippen MR) is 99.0 cm³/mol. The average Bonchev–Trinajstić information content (AvgIpc) is 3.12. The number of phosphoric acid groups is 1. The molecule has 0 aromatic heterocycles. The van der Waals surface area contributed by atoms with Gasteiger partial charge in [-0.2, -0.15) is 0 Å². The van der Waals surface area contributed by atoms with Gasteiger partial charge in [0, 0.05) is 6.66 Å². The molecule has 1 fully saturated rings. The van der Waals surface area contributed by atoms with Gasteiger partial charge in [-0.3, -0.25) is 4.57 Å². The standard InChI is InChI=1S/C6H14B2O13P4S2/c1-22(11,12)19-25(16,27)21-23(13,14)20-24(15,26)17-2-3-4(9)5(10)6(18-3)7-8-6/h3-5,9-10H,2H2,1H3,(H,11,12)(H,13,14)(H,15,26)(H,16,27). The van der Waals surface area contributed by atoms with Crippen LogP contribution in [0.1, 0.15) is 0 Å². The Hall–Kier alpha value is 1.42. The Morgan fingerprint density at radius 1 is 1.15 bits per heavy atom. The molecule has 0 bridgehead atoms. The number of hydrogen-bond acceptors (Lipinski definition) is 11. The van der Waals surface area contributed by atoms with Gasteiger partial charge in [-0.1, -0.05) is 0 Å². The van der Waals surface area contributed by atoms with Crippen molar-refractivity contribution in [3.8, 4) is 0 Å². The molecule has 1 spiro atoms. The van der Waals surface area contributed by atoms with Crippen LogP contribution in [0.5, 0.6) is 0 Å². The van der Waals surface area contributed by atoms with Crippen molar-refractivity contribution < 1.29 is 60.8 Å². The summed E-state index contributed by atoms with van der Waals surface area (Å²) in [5.41, 5.74) is 0. The maximum absolute atomic E-state index is 12.1. The molecule has 0 amide bonds. The molecule has 5 N–H and O–H groups in total. The Kier molecular flexibility index (Phi) is 7.46. The second-order valence-corrected chi connectivity index (χ2v) is 15.0. The van der Waals surface area contributed by atoms with E-state index in [1.807, 2.05) is 0 Å². The van der Waals surface area contributed by atoms with Crippen molar-refractivity contribution >= 4 is 66.6 Å². The summed E-state index contributed by atoms with van der Waals surface area (Å²) in [5.74, 6) is 0. The van der Waals surface area contributed by atoms with Gasteiger partial charge in [-0.15, -0.1) is 0 Å². The van der Waals surface area contributed by atoms with Crippen LogP contribution >= 0.6 is 41.2 Å². The molecule has 2 heterocycles. The molecule has 27 heavy (non-hydrogen) atoms. The van der Waals surface area contributed by atoms with Crippen molar-refractivity contribution in [1.82, 2.24) is 0 Å². The van der Waals surface area contributed by atoms with E-state index in [1.165, 1.54) is 13.6 Å². The first-order valence-electron chi connectivity index (χ1n) is 6.77. The topological polar surface area (TPSA) is 199 Å². The van der Waals surface area contributed by atoms with Crippen LogP contribution in [-0.4, -0.2) is 75.5 Å². The quantitative estimate of drug-likeness (QED) is 0.131. The number of aliphatic hydroxyl groups excluding tert-OH is 2. The summed E-state index contributed by atoms with van der Waals surface area (Å²) in [5, 5.41) is 18.5. The number of ether oxygens (including phenoxy) is 1. The monoisotopic (exact) mass is 504 g/mol. The van der Waals surface area contributed by atoms with Crippen molar-refractivity contribution in [2.75, 3.05) is 13.3 Å². The van der Waals surface area contributed by atoms with E-state index >= 15 is 0 Å². The van der Waals surface area contributed by atoms with Crippen molar-refractivity contribution in [3.05, 3.63) is 0 Å². The van der Waals surface area contributed by atoms with E-state index in [9.17, 15) is 33.7 Å². The molecular formula is C6H14B2O13P4S2. The fourth-order valence-electron chi connectivity index (χ4n) is 2.04. The van der Waals surface area contributed by atoms with Crippen LogP contribution in [0.15, 0.2) is 0 Å². The molecule has 13 nitrogen and oxygen atoms in total. The SMILES string of the molecule is CP(=O)(O)OP(O)(=S)OP(=O)(O)OP(=O)(S)OCC1OC2(B=B2)C(O)C1O. The van der Waals surface area contributed by atoms with Crippen LogP contribution < -0.4 is 0 Å². The van der Waals surface area contributed by atoms with Gasteiger partial charge >= 0.3 is 148 Å². The van der Waals surface area contributed by atoms with Crippen LogP contribution in [0.4, 0.5) is 0 Å². The number of thiol groups is 1. The van der Waals surface area contributed by atoms with E-state index in [1.54, 1.807) is 0 Å². The molecule has 2 aliphatic heterocycles. The van der Waals surface area contributed by atoms with E-state index in [0.717, 1.165) is 0 Å². The van der Waals surface area contributed by atoms with Crippen molar-refractivity contribution in [3.63, 3.8) is 0 Å². The first kappa shape index (κ1) is 24.7. The van der Waals surface area contributed by atoms with Gasteiger partial charge in [-0.25, -0.2) is 0 Å². The van der Waals surface area contributed by atoms with Gasteiger partial charge in [0.25, 0.3) is 0 Å². The average molecular weight is 504 g/mol. The van der Waals surface area contributed by atoms with E-state index in [-0.39, 0.29) is 0 Å². The zero-order chi connectivity index (χ0) is 20.9. The molecule has 0 saturated carbocycles. The van der Waals surface area contributed by atoms with Crippen molar-refractivity contribution in [2.24, 2.45) is 0 Å². The molecule has 0 radical (unpaired) electrons. The third-order valence-corrected chi connectivity index (χ3v) is 11.1. The third kappa shape index (κ3) is 7.25. The molecule has 0 aliphatic carbocycles. The van der Waals surface area contributed by atoms with Gasteiger partial charge in [0.05, 0.1) is 0 Å². The van der Waals surface area contributed by atoms with Crippen LogP contribution in [0.25, 0.3) is 0 Å². The summed E-state index contributed by atoms with van der Waals surface area (Å²) in [6, 6.07) is 0. The van der Waals surface area contributed by atoms with Crippen LogP contribution in [0.3, 0.4) is 0 Å². The number of hydrogen-bond donors (Lipinski definition) is 6. The van der Waals surface area contributed by atoms with Crippen LogP contribution in [0.2, 0.25) is 0 Å². The summed E-state index contributed by atoms with van der Waals surface area (Å²) in [6.07, 6.45) is -3.85. The Balaban J connectivity index is 1.92. The molecule has 154 valence electrons. The summed E-state index contributed by atoms with van der Waals surface area (Å²) in [6.45, 7) is -6.42. The van der Waals surface area contributed by atoms with Crippen LogP contribution in [0, 0.1) is 0 Å². The minimum absolute atomic E-state index is 0.631. The Morgan fingerprint density at radius 3 is 2.15 bits per heavy atom. The second-order valence-electron chi connectivity index (χ2n) is 5.53. The Labute approximate surface area is 164 Å². The summed E-state index contributed by atoms with van der Waals surface area (Å²) < 4.78 is 57.3. The first-order valence-corrected chi connectivity index (χ1v) is 15.6. The van der Waals surface area contributed by atoms with E-state index in [2.05, 4.69) is 37.0 Å². The zero-order valence-electron chi connectivity index (χ0n) is 13.2. The fraction of sp³-hybridized carbons (Fsp3) is 1.00. The third-order valence-electron chi connectivity index (χ3n) is 3.09. The summed E-state index contributed by atoms with van der Waals surface area (Å²) in [4.78, 5) is 28.0. The van der Waals surface area contributed by atoms with E-state index in [0.29, 0.717) is 6.66 Å².